The summed E-state index contributed by atoms with van der Waals surface area (Å²) in [6.45, 7) is 1.92. The maximum atomic E-state index is 14.3. The summed E-state index contributed by atoms with van der Waals surface area (Å²) < 4.78 is 14.5. The summed E-state index contributed by atoms with van der Waals surface area (Å²) >= 11 is 1.42. The summed E-state index contributed by atoms with van der Waals surface area (Å²) in [5, 5.41) is 22.1. The lowest BCUT2D eigenvalue weighted by atomic mass is 9.96. The first-order valence-corrected chi connectivity index (χ1v) is 17.9. The van der Waals surface area contributed by atoms with Gasteiger partial charge in [0.15, 0.2) is 5.82 Å². The molecule has 0 bridgehead atoms. The predicted molar refractivity (Wildman–Crippen MR) is 179 cm³/mol. The first kappa shape index (κ1) is 33.0. The normalized spacial score (nSPS) is 28.3. The van der Waals surface area contributed by atoms with Crippen molar-refractivity contribution < 1.29 is 33.8 Å². The molecule has 15 heteroatoms. The monoisotopic (exact) mass is 691 g/mol. The van der Waals surface area contributed by atoms with E-state index in [-0.39, 0.29) is 31.4 Å². The van der Waals surface area contributed by atoms with Crippen LogP contribution in [0, 0.1) is 12.8 Å². The van der Waals surface area contributed by atoms with Crippen molar-refractivity contribution >= 4 is 45.4 Å². The van der Waals surface area contributed by atoms with Crippen LogP contribution in [0.5, 0.6) is 5.88 Å². The number of carboxylic acid groups (broad SMARTS) is 1. The van der Waals surface area contributed by atoms with Crippen molar-refractivity contribution in [2.75, 3.05) is 6.54 Å². The highest BCUT2D eigenvalue weighted by Crippen LogP contribution is 2.45. The third-order valence-electron chi connectivity index (χ3n) is 10.0. The Morgan fingerprint density at radius 1 is 1.12 bits per heavy atom. The van der Waals surface area contributed by atoms with E-state index in [2.05, 4.69) is 15.7 Å². The second-order valence-corrected chi connectivity index (χ2v) is 14.5. The highest BCUT2D eigenvalue weighted by Gasteiger charge is 2.61. The summed E-state index contributed by atoms with van der Waals surface area (Å²) in [6.07, 6.45) is 8.80. The number of carboxylic acids is 1. The first-order valence-electron chi connectivity index (χ1n) is 17.0. The van der Waals surface area contributed by atoms with Crippen molar-refractivity contribution in [3.63, 3.8) is 0 Å². The molecule has 5 atom stereocenters. The van der Waals surface area contributed by atoms with Crippen LogP contribution in [0.2, 0.25) is 0 Å². The van der Waals surface area contributed by atoms with Gasteiger partial charge in [0.25, 0.3) is 0 Å². The van der Waals surface area contributed by atoms with Gasteiger partial charge in [-0.2, -0.15) is 10.1 Å². The number of aliphatic carboxylic acids is 1. The molecule has 7 rings (SSSR count). The Morgan fingerprint density at radius 2 is 1.96 bits per heavy atom. The molecule has 0 aromatic carbocycles. The van der Waals surface area contributed by atoms with E-state index in [9.17, 15) is 24.3 Å². The van der Waals surface area contributed by atoms with E-state index < -0.39 is 47.6 Å². The lowest BCUT2D eigenvalue weighted by molar-refractivity contribution is -0.145. The standard InChI is InChI=1S/C34H41N7O7S/c1-19-15-25(40(2)39-19)28-35-23-13-14-49-27(23)30(37-28)47-22-16-26-29(42)38-34(32(44)45)17-20(34)9-6-4-3-5-7-12-24(31(43)41(26)18-22)36-33(46)48-21-10-8-11-21/h6,9,13-15,20-22,24,26H,3-5,7-8,10-12,16-18H2,1-2H3,(H,36,46)(H,38,42)(H,44,45)/b9-6-/t20-,22-,24+,26+,34-/m1/s1. The number of fused-ring (bicyclic) bond motifs is 3. The number of hydrogen-bond donors (Lipinski definition) is 3. The van der Waals surface area contributed by atoms with E-state index in [0.717, 1.165) is 48.9 Å². The van der Waals surface area contributed by atoms with E-state index in [0.29, 0.717) is 35.8 Å². The summed E-state index contributed by atoms with van der Waals surface area (Å²) in [4.78, 5) is 64.6. The fourth-order valence-electron chi connectivity index (χ4n) is 6.97. The third kappa shape index (κ3) is 6.72. The number of carbonyl (C=O) groups is 4. The topological polar surface area (TPSA) is 178 Å². The van der Waals surface area contributed by atoms with Crippen LogP contribution in [0.25, 0.3) is 21.7 Å². The van der Waals surface area contributed by atoms with Crippen LogP contribution in [0.15, 0.2) is 29.7 Å². The number of thiophene rings is 1. The van der Waals surface area contributed by atoms with Crippen LogP contribution in [-0.2, 0) is 26.2 Å². The highest BCUT2D eigenvalue weighted by molar-refractivity contribution is 7.17. The summed E-state index contributed by atoms with van der Waals surface area (Å²) in [7, 11) is 1.81. The van der Waals surface area contributed by atoms with Crippen molar-refractivity contribution in [3.8, 4) is 17.4 Å². The summed E-state index contributed by atoms with van der Waals surface area (Å²) in [6, 6.07) is 1.80. The van der Waals surface area contributed by atoms with Gasteiger partial charge in [0.1, 0.15) is 40.2 Å². The molecular weight excluding hydrogens is 650 g/mol. The minimum atomic E-state index is -1.43. The number of aryl methyl sites for hydroxylation is 2. The van der Waals surface area contributed by atoms with Crippen LogP contribution in [-0.4, -0.2) is 90.0 Å². The van der Waals surface area contributed by atoms with Crippen LogP contribution in [0.1, 0.15) is 69.9 Å². The molecule has 3 aromatic rings. The highest BCUT2D eigenvalue weighted by atomic mass is 32.1. The van der Waals surface area contributed by atoms with Crippen molar-refractivity contribution in [3.05, 3.63) is 35.4 Å². The Morgan fingerprint density at radius 3 is 2.69 bits per heavy atom. The van der Waals surface area contributed by atoms with Gasteiger partial charge in [0, 0.05) is 19.4 Å². The molecule has 14 nitrogen and oxygen atoms in total. The van der Waals surface area contributed by atoms with Gasteiger partial charge >= 0.3 is 12.1 Å². The number of aromatic nitrogens is 4. The second kappa shape index (κ2) is 13.4. The molecule has 3 fully saturated rings. The molecule has 0 unspecified atom stereocenters. The number of hydrogen-bond acceptors (Lipinski definition) is 10. The maximum absolute atomic E-state index is 14.3. The van der Waals surface area contributed by atoms with Gasteiger partial charge in [-0.1, -0.05) is 25.0 Å². The molecule has 5 heterocycles. The Hall–Kier alpha value is -4.53. The van der Waals surface area contributed by atoms with Crippen molar-refractivity contribution in [1.29, 1.82) is 0 Å². The Balaban J connectivity index is 1.19. The summed E-state index contributed by atoms with van der Waals surface area (Å²) in [5.74, 6) is -1.70. The molecule has 260 valence electrons. The van der Waals surface area contributed by atoms with Crippen LogP contribution in [0.3, 0.4) is 0 Å². The first-order chi connectivity index (χ1) is 23.6. The quantitative estimate of drug-likeness (QED) is 0.322. The maximum Gasteiger partial charge on any atom is 0.408 e. The smallest absolute Gasteiger partial charge is 0.408 e. The number of nitrogens with one attached hydrogen (secondary N) is 2. The number of rotatable bonds is 6. The fraction of sp³-hybridized carbons (Fsp3) is 0.559. The molecule has 3 amide bonds. The van der Waals surface area contributed by atoms with E-state index >= 15 is 0 Å². The molecule has 2 saturated carbocycles. The van der Waals surface area contributed by atoms with Crippen molar-refractivity contribution in [2.45, 2.75) is 101 Å². The van der Waals surface area contributed by atoms with Gasteiger partial charge in [-0.05, 0) is 69.4 Å². The third-order valence-corrected chi connectivity index (χ3v) is 10.9. The molecule has 0 spiro atoms. The zero-order valence-electron chi connectivity index (χ0n) is 27.6. The van der Waals surface area contributed by atoms with E-state index in [1.165, 1.54) is 16.2 Å². The minimum Gasteiger partial charge on any atom is -0.479 e. The van der Waals surface area contributed by atoms with E-state index in [1.54, 1.807) is 4.68 Å². The molecule has 4 aliphatic rings. The van der Waals surface area contributed by atoms with Gasteiger partial charge in [0.2, 0.25) is 17.7 Å². The predicted octanol–water partition coefficient (Wildman–Crippen LogP) is 3.88. The van der Waals surface area contributed by atoms with Gasteiger partial charge in [0.05, 0.1) is 17.8 Å². The number of alkyl carbamates (subject to hydrolysis) is 1. The van der Waals surface area contributed by atoms with Gasteiger partial charge in [-0.15, -0.1) is 11.3 Å². The molecule has 2 aliphatic carbocycles. The number of carbonyl (C=O) groups excluding carboxylic acids is 3. The Kier molecular flexibility index (Phi) is 9.03. The van der Waals surface area contributed by atoms with E-state index in [4.69, 9.17) is 19.4 Å². The number of nitrogens with zero attached hydrogens (tertiary/aromatic N) is 5. The molecule has 3 aromatic heterocycles. The molecule has 3 N–H and O–H groups in total. The van der Waals surface area contributed by atoms with Crippen LogP contribution < -0.4 is 15.4 Å². The molecule has 49 heavy (non-hydrogen) atoms. The average Bonchev–Trinajstić information content (AvgIpc) is 3.37. The number of allylic oxidation sites excluding steroid dienone is 1. The second-order valence-electron chi connectivity index (χ2n) is 13.6. The van der Waals surface area contributed by atoms with Crippen LogP contribution in [0.4, 0.5) is 4.79 Å². The zero-order valence-corrected chi connectivity index (χ0v) is 28.4. The SMILES string of the molecule is Cc1cc(-c2nc(O[C@@H]3C[C@H]4C(=O)N[C@]5(C(=O)O)C[C@H]5/C=C\CCCCC[C@H](NC(=O)OC5CCC5)C(=O)N4C3)c3sccc3n2)n(C)n1. The minimum absolute atomic E-state index is 0.0349. The Bertz CT molecular complexity index is 1800. The van der Waals surface area contributed by atoms with Gasteiger partial charge in [-0.25, -0.2) is 14.6 Å². The zero-order chi connectivity index (χ0) is 34.3. The molecule has 0 radical (unpaired) electrons. The fourth-order valence-corrected chi connectivity index (χ4v) is 7.73. The van der Waals surface area contributed by atoms with Crippen LogP contribution >= 0.6 is 11.3 Å². The van der Waals surface area contributed by atoms with Gasteiger partial charge in [-0.3, -0.25) is 14.3 Å². The summed E-state index contributed by atoms with van der Waals surface area (Å²) in [5.41, 5.74) is 0.776. The van der Waals surface area contributed by atoms with Gasteiger partial charge < -0.3 is 30.1 Å². The number of ether oxygens (including phenoxy) is 2. The van der Waals surface area contributed by atoms with Crippen molar-refractivity contribution in [1.82, 2.24) is 35.3 Å². The van der Waals surface area contributed by atoms with Crippen molar-refractivity contribution in [2.24, 2.45) is 13.0 Å². The molecule has 2 aliphatic heterocycles. The average molecular weight is 692 g/mol. The Labute approximate surface area is 287 Å². The van der Waals surface area contributed by atoms with E-state index in [1.807, 2.05) is 43.6 Å². The largest absolute Gasteiger partial charge is 0.479 e. The lowest BCUT2D eigenvalue weighted by Crippen LogP contribution is -2.56. The number of amides is 3. The molecule has 1 saturated heterocycles. The molecular formula is C34H41N7O7S. The lowest BCUT2D eigenvalue weighted by Gasteiger charge is -2.30.